The fourth-order valence-corrected chi connectivity index (χ4v) is 4.62. The van der Waals surface area contributed by atoms with Gasteiger partial charge in [0.05, 0.1) is 16.8 Å². The Kier molecular flexibility index (Phi) is 4.95. The Balaban J connectivity index is 1.42. The van der Waals surface area contributed by atoms with Gasteiger partial charge in [0, 0.05) is 55.4 Å². The molecule has 3 N–H and O–H groups in total. The van der Waals surface area contributed by atoms with Crippen molar-refractivity contribution in [3.8, 4) is 11.4 Å². The highest BCUT2D eigenvalue weighted by Crippen LogP contribution is 2.44. The van der Waals surface area contributed by atoms with Crippen molar-refractivity contribution >= 4 is 28.2 Å². The van der Waals surface area contributed by atoms with E-state index in [-0.39, 0.29) is 5.82 Å². The van der Waals surface area contributed by atoms with E-state index in [2.05, 4.69) is 43.6 Å². The summed E-state index contributed by atoms with van der Waals surface area (Å²) < 4.78 is 13.4. The Morgan fingerprint density at radius 1 is 1.12 bits per heavy atom. The molecule has 1 saturated carbocycles. The van der Waals surface area contributed by atoms with Crippen molar-refractivity contribution in [3.05, 3.63) is 60.3 Å². The molecule has 6 rings (SSSR count). The van der Waals surface area contributed by atoms with Crippen LogP contribution in [0.4, 0.5) is 21.6 Å². The van der Waals surface area contributed by atoms with Gasteiger partial charge < -0.3 is 20.5 Å². The molecule has 0 spiro atoms. The second-order valence-corrected chi connectivity index (χ2v) is 8.91. The average Bonchev–Trinajstić information content (AvgIpc) is 3.59. The molecule has 2 fully saturated rings. The molecule has 0 radical (unpaired) electrons. The molecule has 1 aromatic carbocycles. The molecule has 0 bridgehead atoms. The summed E-state index contributed by atoms with van der Waals surface area (Å²) in [6, 6.07) is 8.69. The molecule has 168 valence electrons. The number of hydrogen-bond acceptors (Lipinski definition) is 6. The molecule has 1 saturated heterocycles. The van der Waals surface area contributed by atoms with Gasteiger partial charge in [0.25, 0.3) is 0 Å². The Hall–Kier alpha value is -3.52. The Labute approximate surface area is 191 Å². The van der Waals surface area contributed by atoms with Crippen LogP contribution in [0.1, 0.15) is 31.2 Å². The second kappa shape index (κ2) is 8.12. The fraction of sp³-hybridized carbons (Fsp3) is 0.320. The Morgan fingerprint density at radius 3 is 2.76 bits per heavy atom. The molecule has 4 heterocycles. The molecule has 7 nitrogen and oxygen atoms in total. The summed E-state index contributed by atoms with van der Waals surface area (Å²) in [6.45, 7) is 5.09. The smallest absolute Gasteiger partial charge is 0.161 e. The molecular weight excluding hydrogens is 417 g/mol. The SMILES string of the molecule is CC1CNCCN1c1c[nH]c2nccc(Nc3nc(-c4ccc(F)cc4)ncc3C3CC3)c12. The molecule has 1 unspecified atom stereocenters. The van der Waals surface area contributed by atoms with E-state index in [4.69, 9.17) is 4.98 Å². The van der Waals surface area contributed by atoms with Crippen molar-refractivity contribution < 1.29 is 4.39 Å². The molecule has 1 aliphatic carbocycles. The van der Waals surface area contributed by atoms with Crippen LogP contribution in [-0.2, 0) is 0 Å². The minimum absolute atomic E-state index is 0.270. The van der Waals surface area contributed by atoms with Gasteiger partial charge in [-0.1, -0.05) is 0 Å². The van der Waals surface area contributed by atoms with Crippen molar-refractivity contribution in [1.82, 2.24) is 25.3 Å². The lowest BCUT2D eigenvalue weighted by Gasteiger charge is -2.35. The van der Waals surface area contributed by atoms with Crippen molar-refractivity contribution in [1.29, 1.82) is 0 Å². The third kappa shape index (κ3) is 3.80. The number of nitrogens with zero attached hydrogens (tertiary/aromatic N) is 4. The van der Waals surface area contributed by atoms with Crippen molar-refractivity contribution in [3.63, 3.8) is 0 Å². The predicted molar refractivity (Wildman–Crippen MR) is 128 cm³/mol. The lowest BCUT2D eigenvalue weighted by Crippen LogP contribution is -2.49. The van der Waals surface area contributed by atoms with Crippen LogP contribution in [-0.4, -0.2) is 45.6 Å². The minimum atomic E-state index is -0.270. The van der Waals surface area contributed by atoms with Crippen molar-refractivity contribution in [2.75, 3.05) is 29.9 Å². The van der Waals surface area contributed by atoms with Gasteiger partial charge in [0.15, 0.2) is 5.82 Å². The molecule has 1 aliphatic heterocycles. The normalized spacial score (nSPS) is 18.6. The number of halogens is 1. The first-order valence-corrected chi connectivity index (χ1v) is 11.5. The summed E-state index contributed by atoms with van der Waals surface area (Å²) in [5.41, 5.74) is 4.88. The lowest BCUT2D eigenvalue weighted by atomic mass is 10.1. The maximum absolute atomic E-state index is 13.4. The topological polar surface area (TPSA) is 81.8 Å². The van der Waals surface area contributed by atoms with Crippen LogP contribution in [0.25, 0.3) is 22.4 Å². The van der Waals surface area contributed by atoms with E-state index in [9.17, 15) is 4.39 Å². The number of rotatable bonds is 5. The summed E-state index contributed by atoms with van der Waals surface area (Å²) in [6.07, 6.45) is 8.07. The average molecular weight is 444 g/mol. The number of benzene rings is 1. The standard InChI is InChI=1S/C25H26FN7/c1-15-12-27-10-11-33(15)21-14-30-25-22(21)20(8-9-28-25)31-24-19(16-2-3-16)13-29-23(32-24)17-4-6-18(26)7-5-17/h4-9,13-16,27H,2-3,10-12H2,1H3,(H2,28,29,30,31,32). The first-order chi connectivity index (χ1) is 16.2. The highest BCUT2D eigenvalue weighted by molar-refractivity contribution is 6.01. The van der Waals surface area contributed by atoms with Crippen LogP contribution in [0.3, 0.4) is 0 Å². The van der Waals surface area contributed by atoms with Gasteiger partial charge in [-0.3, -0.25) is 0 Å². The number of aromatic amines is 1. The summed E-state index contributed by atoms with van der Waals surface area (Å²) in [5.74, 6) is 1.59. The lowest BCUT2D eigenvalue weighted by molar-refractivity contribution is 0.502. The van der Waals surface area contributed by atoms with Gasteiger partial charge in [0.2, 0.25) is 0 Å². The third-order valence-corrected chi connectivity index (χ3v) is 6.55. The molecule has 33 heavy (non-hydrogen) atoms. The number of H-pyrrole nitrogens is 1. The van der Waals surface area contributed by atoms with Gasteiger partial charge in [-0.2, -0.15) is 0 Å². The van der Waals surface area contributed by atoms with E-state index in [1.165, 1.54) is 12.1 Å². The second-order valence-electron chi connectivity index (χ2n) is 8.91. The van der Waals surface area contributed by atoms with Crippen LogP contribution >= 0.6 is 0 Å². The van der Waals surface area contributed by atoms with Crippen LogP contribution in [0.2, 0.25) is 0 Å². The van der Waals surface area contributed by atoms with Crippen molar-refractivity contribution in [2.24, 2.45) is 0 Å². The zero-order chi connectivity index (χ0) is 22.4. The molecule has 2 aliphatic rings. The van der Waals surface area contributed by atoms with Gasteiger partial charge in [-0.15, -0.1) is 0 Å². The van der Waals surface area contributed by atoms with Crippen LogP contribution in [0.5, 0.6) is 0 Å². The third-order valence-electron chi connectivity index (χ3n) is 6.55. The predicted octanol–water partition coefficient (Wildman–Crippen LogP) is 4.58. The number of pyridine rings is 1. The number of aromatic nitrogens is 4. The number of piperazine rings is 1. The van der Waals surface area contributed by atoms with Gasteiger partial charge in [-0.05, 0) is 56.0 Å². The number of anilines is 3. The fourth-order valence-electron chi connectivity index (χ4n) is 4.62. The van der Waals surface area contributed by atoms with Crippen LogP contribution in [0, 0.1) is 5.82 Å². The Bertz CT molecular complexity index is 1300. The highest BCUT2D eigenvalue weighted by atomic mass is 19.1. The first-order valence-electron chi connectivity index (χ1n) is 11.5. The molecule has 4 aromatic rings. The Morgan fingerprint density at radius 2 is 1.97 bits per heavy atom. The molecule has 1 atom stereocenters. The monoisotopic (exact) mass is 443 g/mol. The van der Waals surface area contributed by atoms with Gasteiger partial charge in [-0.25, -0.2) is 19.3 Å². The van der Waals surface area contributed by atoms with Crippen LogP contribution in [0.15, 0.2) is 48.9 Å². The minimum Gasteiger partial charge on any atom is -0.364 e. The van der Waals surface area contributed by atoms with E-state index in [0.717, 1.165) is 71.8 Å². The summed E-state index contributed by atoms with van der Waals surface area (Å²) in [7, 11) is 0. The van der Waals surface area contributed by atoms with E-state index in [0.29, 0.717) is 17.8 Å². The van der Waals surface area contributed by atoms with Crippen LogP contribution < -0.4 is 15.5 Å². The molecule has 8 heteroatoms. The zero-order valence-electron chi connectivity index (χ0n) is 18.5. The molecular formula is C25H26FN7. The summed E-state index contributed by atoms with van der Waals surface area (Å²) in [5, 5.41) is 8.13. The summed E-state index contributed by atoms with van der Waals surface area (Å²) >= 11 is 0. The highest BCUT2D eigenvalue weighted by Gasteiger charge is 2.29. The zero-order valence-corrected chi connectivity index (χ0v) is 18.5. The molecule has 0 amide bonds. The van der Waals surface area contributed by atoms with Gasteiger partial charge >= 0.3 is 0 Å². The number of hydrogen-bond donors (Lipinski definition) is 3. The maximum Gasteiger partial charge on any atom is 0.161 e. The number of fused-ring (bicyclic) bond motifs is 1. The summed E-state index contributed by atoms with van der Waals surface area (Å²) in [4.78, 5) is 19.8. The first kappa shape index (κ1) is 20.1. The van der Waals surface area contributed by atoms with E-state index >= 15 is 0 Å². The quantitative estimate of drug-likeness (QED) is 0.419. The maximum atomic E-state index is 13.4. The largest absolute Gasteiger partial charge is 0.364 e. The van der Waals surface area contributed by atoms with Gasteiger partial charge in [0.1, 0.15) is 17.3 Å². The van der Waals surface area contributed by atoms with E-state index in [1.54, 1.807) is 12.1 Å². The van der Waals surface area contributed by atoms with Crippen molar-refractivity contribution in [2.45, 2.75) is 31.7 Å². The number of nitrogens with one attached hydrogen (secondary N) is 3. The van der Waals surface area contributed by atoms with E-state index < -0.39 is 0 Å². The van der Waals surface area contributed by atoms with E-state index in [1.807, 2.05) is 18.5 Å². The molecule has 3 aromatic heterocycles.